The van der Waals surface area contributed by atoms with Gasteiger partial charge in [0.15, 0.2) is 29.0 Å². The Morgan fingerprint density at radius 3 is 1.96 bits per heavy atom. The number of nitrogens with zero attached hydrogens (tertiary/aromatic N) is 1. The second kappa shape index (κ2) is 10.1. The maximum absolute atomic E-state index is 6.00. The highest BCUT2D eigenvalue weighted by Gasteiger charge is 2.12. The summed E-state index contributed by atoms with van der Waals surface area (Å²) in [5, 5.41) is 3.08. The fourth-order valence-corrected chi connectivity index (χ4v) is 2.63. The minimum Gasteiger partial charge on any atom is -0.496 e. The van der Waals surface area contributed by atoms with Crippen LogP contribution in [0.2, 0.25) is 0 Å². The van der Waals surface area contributed by atoms with Gasteiger partial charge in [0, 0.05) is 18.2 Å². The van der Waals surface area contributed by atoms with E-state index >= 15 is 0 Å². The molecule has 0 saturated heterocycles. The van der Waals surface area contributed by atoms with Gasteiger partial charge in [-0.1, -0.05) is 6.07 Å². The van der Waals surface area contributed by atoms with E-state index in [-0.39, 0.29) is 0 Å². The van der Waals surface area contributed by atoms with E-state index < -0.39 is 0 Å². The van der Waals surface area contributed by atoms with E-state index in [4.69, 9.17) is 29.4 Å². The van der Waals surface area contributed by atoms with E-state index in [1.165, 1.54) is 0 Å². The number of ether oxygens (including phenoxy) is 5. The number of methoxy groups -OCH3 is 5. The molecule has 0 amide bonds. The lowest BCUT2D eigenvalue weighted by molar-refractivity contribution is 0.347. The molecule has 0 aliphatic heterocycles. The first-order valence-corrected chi connectivity index (χ1v) is 8.59. The van der Waals surface area contributed by atoms with Gasteiger partial charge in [-0.2, -0.15) is 0 Å². The molecule has 0 aromatic heterocycles. The van der Waals surface area contributed by atoms with Crippen LogP contribution < -0.4 is 34.7 Å². The van der Waals surface area contributed by atoms with Crippen LogP contribution in [0.5, 0.6) is 28.7 Å². The van der Waals surface area contributed by atoms with Crippen LogP contribution in [0.3, 0.4) is 0 Å². The number of aliphatic imine (C=N–C) groups is 1. The standard InChI is InChI=1S/C20H27N3O5/c1-24-15-7-6-13(8-17(15)26-3)11-22-20(21)23-12-14-9-18(27-4)19(28-5)10-16(14)25-2/h6-10H,11-12H2,1-5H3,(H3,21,22,23). The van der Waals surface area contributed by atoms with Gasteiger partial charge in [-0.25, -0.2) is 4.99 Å². The number of rotatable bonds is 9. The Labute approximate surface area is 165 Å². The monoisotopic (exact) mass is 389 g/mol. The van der Waals surface area contributed by atoms with Gasteiger partial charge in [-0.3, -0.25) is 0 Å². The molecule has 0 saturated carbocycles. The predicted molar refractivity (Wildman–Crippen MR) is 108 cm³/mol. The average molecular weight is 389 g/mol. The topological polar surface area (TPSA) is 96.6 Å². The van der Waals surface area contributed by atoms with Gasteiger partial charge in [-0.05, 0) is 23.8 Å². The van der Waals surface area contributed by atoms with E-state index in [0.717, 1.165) is 11.1 Å². The van der Waals surface area contributed by atoms with E-state index in [0.29, 0.717) is 47.8 Å². The molecule has 0 unspecified atom stereocenters. The third kappa shape index (κ3) is 5.12. The van der Waals surface area contributed by atoms with Crippen LogP contribution in [-0.2, 0) is 13.1 Å². The number of hydrogen-bond donors (Lipinski definition) is 2. The molecule has 2 aromatic carbocycles. The van der Waals surface area contributed by atoms with Gasteiger partial charge in [0.2, 0.25) is 0 Å². The van der Waals surface area contributed by atoms with Crippen molar-refractivity contribution in [2.75, 3.05) is 35.5 Å². The third-order valence-corrected chi connectivity index (χ3v) is 4.13. The quantitative estimate of drug-likeness (QED) is 0.502. The molecule has 8 nitrogen and oxygen atoms in total. The lowest BCUT2D eigenvalue weighted by Gasteiger charge is -2.15. The number of nitrogens with two attached hydrogens (primary N) is 1. The van der Waals surface area contributed by atoms with Gasteiger partial charge < -0.3 is 34.7 Å². The first-order chi connectivity index (χ1) is 13.6. The summed E-state index contributed by atoms with van der Waals surface area (Å²) in [6.07, 6.45) is 0. The minimum atomic E-state index is 0.312. The maximum atomic E-state index is 6.00. The van der Waals surface area contributed by atoms with Gasteiger partial charge in [-0.15, -0.1) is 0 Å². The molecule has 152 valence electrons. The predicted octanol–water partition coefficient (Wildman–Crippen LogP) is 2.33. The average Bonchev–Trinajstić information content (AvgIpc) is 2.74. The van der Waals surface area contributed by atoms with Crippen molar-refractivity contribution in [3.05, 3.63) is 41.5 Å². The molecule has 0 spiro atoms. The Morgan fingerprint density at radius 1 is 0.786 bits per heavy atom. The molecule has 0 radical (unpaired) electrons. The smallest absolute Gasteiger partial charge is 0.189 e. The Balaban J connectivity index is 2.06. The van der Waals surface area contributed by atoms with Crippen molar-refractivity contribution in [2.45, 2.75) is 13.1 Å². The van der Waals surface area contributed by atoms with Crippen molar-refractivity contribution >= 4 is 5.96 Å². The van der Waals surface area contributed by atoms with Gasteiger partial charge in [0.05, 0.1) is 42.1 Å². The molecule has 0 bridgehead atoms. The number of guanidine groups is 1. The van der Waals surface area contributed by atoms with Crippen molar-refractivity contribution in [2.24, 2.45) is 10.7 Å². The second-order valence-electron chi connectivity index (χ2n) is 5.76. The fraction of sp³-hybridized carbons (Fsp3) is 0.350. The molecule has 2 rings (SSSR count). The van der Waals surface area contributed by atoms with Crippen LogP contribution >= 0.6 is 0 Å². The molecular weight excluding hydrogens is 362 g/mol. The highest BCUT2D eigenvalue weighted by atomic mass is 16.5. The summed E-state index contributed by atoms with van der Waals surface area (Å²) in [6.45, 7) is 0.826. The minimum absolute atomic E-state index is 0.312. The Hall–Kier alpha value is -3.29. The number of nitrogens with one attached hydrogen (secondary N) is 1. The summed E-state index contributed by atoms with van der Waals surface area (Å²) in [6, 6.07) is 9.23. The fourth-order valence-electron chi connectivity index (χ4n) is 2.63. The highest BCUT2D eigenvalue weighted by molar-refractivity contribution is 5.78. The van der Waals surface area contributed by atoms with Crippen LogP contribution in [0.1, 0.15) is 11.1 Å². The normalized spacial score (nSPS) is 11.0. The van der Waals surface area contributed by atoms with Crippen LogP contribution in [0.25, 0.3) is 0 Å². The van der Waals surface area contributed by atoms with E-state index in [9.17, 15) is 0 Å². The molecule has 8 heteroatoms. The summed E-state index contributed by atoms with van der Waals surface area (Å²) in [5.41, 5.74) is 7.82. The van der Waals surface area contributed by atoms with Crippen LogP contribution in [-0.4, -0.2) is 41.5 Å². The Morgan fingerprint density at radius 2 is 1.36 bits per heavy atom. The van der Waals surface area contributed by atoms with Gasteiger partial charge >= 0.3 is 0 Å². The summed E-state index contributed by atoms with van der Waals surface area (Å²) >= 11 is 0. The molecule has 3 N–H and O–H groups in total. The zero-order valence-corrected chi connectivity index (χ0v) is 16.9. The molecule has 0 heterocycles. The highest BCUT2D eigenvalue weighted by Crippen LogP contribution is 2.34. The second-order valence-corrected chi connectivity index (χ2v) is 5.76. The first kappa shape index (κ1) is 21.0. The Bertz CT molecular complexity index is 824. The molecular formula is C20H27N3O5. The summed E-state index contributed by atoms with van der Waals surface area (Å²) in [4.78, 5) is 4.36. The van der Waals surface area contributed by atoms with E-state index in [1.54, 1.807) is 41.6 Å². The lowest BCUT2D eigenvalue weighted by atomic mass is 10.1. The zero-order valence-electron chi connectivity index (χ0n) is 16.9. The van der Waals surface area contributed by atoms with Crippen molar-refractivity contribution in [1.29, 1.82) is 0 Å². The number of benzene rings is 2. The summed E-state index contributed by atoms with van der Waals surface area (Å²) in [7, 11) is 7.95. The Kier molecular flexibility index (Phi) is 7.62. The first-order valence-electron chi connectivity index (χ1n) is 8.59. The molecule has 0 aliphatic rings. The summed E-state index contributed by atoms with van der Waals surface area (Å²) in [5.74, 6) is 3.50. The number of hydrogen-bond acceptors (Lipinski definition) is 6. The van der Waals surface area contributed by atoms with E-state index in [1.807, 2.05) is 24.3 Å². The van der Waals surface area contributed by atoms with Crippen LogP contribution in [0.4, 0.5) is 0 Å². The lowest BCUT2D eigenvalue weighted by Crippen LogP contribution is -2.31. The van der Waals surface area contributed by atoms with Crippen molar-refractivity contribution in [1.82, 2.24) is 5.32 Å². The van der Waals surface area contributed by atoms with Crippen molar-refractivity contribution in [3.8, 4) is 28.7 Å². The largest absolute Gasteiger partial charge is 0.496 e. The third-order valence-electron chi connectivity index (χ3n) is 4.13. The van der Waals surface area contributed by atoms with Crippen molar-refractivity contribution < 1.29 is 23.7 Å². The molecule has 28 heavy (non-hydrogen) atoms. The van der Waals surface area contributed by atoms with Crippen LogP contribution in [0, 0.1) is 0 Å². The zero-order chi connectivity index (χ0) is 20.5. The maximum Gasteiger partial charge on any atom is 0.189 e. The molecule has 2 aromatic rings. The van der Waals surface area contributed by atoms with Crippen molar-refractivity contribution in [3.63, 3.8) is 0 Å². The molecule has 0 aliphatic carbocycles. The van der Waals surface area contributed by atoms with Gasteiger partial charge in [0.1, 0.15) is 5.75 Å². The molecule has 0 fully saturated rings. The van der Waals surface area contributed by atoms with E-state index in [2.05, 4.69) is 10.3 Å². The molecule has 0 atom stereocenters. The summed E-state index contributed by atoms with van der Waals surface area (Å²) < 4.78 is 26.6. The van der Waals surface area contributed by atoms with Crippen LogP contribution in [0.15, 0.2) is 35.3 Å². The van der Waals surface area contributed by atoms with Gasteiger partial charge in [0.25, 0.3) is 0 Å². The SMILES string of the molecule is COc1cc(OC)c(OC)cc1CNC(N)=NCc1ccc(OC)c(OC)c1.